The van der Waals surface area contributed by atoms with Crippen LogP contribution in [-0.2, 0) is 20.0 Å². The summed E-state index contributed by atoms with van der Waals surface area (Å²) in [7, 11) is 2.05. The summed E-state index contributed by atoms with van der Waals surface area (Å²) in [5, 5.41) is 4.34. The summed E-state index contributed by atoms with van der Waals surface area (Å²) in [6.45, 7) is 2.98. The summed E-state index contributed by atoms with van der Waals surface area (Å²) in [6.07, 6.45) is 5.05. The van der Waals surface area contributed by atoms with E-state index >= 15 is 0 Å². The van der Waals surface area contributed by atoms with Gasteiger partial charge in [-0.15, -0.1) is 11.3 Å². The van der Waals surface area contributed by atoms with Crippen molar-refractivity contribution in [2.24, 2.45) is 7.05 Å². The van der Waals surface area contributed by atoms with E-state index in [1.165, 1.54) is 10.6 Å². The highest BCUT2D eigenvalue weighted by Gasteiger charge is 2.01. The van der Waals surface area contributed by atoms with Gasteiger partial charge in [0.2, 0.25) is 0 Å². The number of anilines is 1. The third-order valence-corrected chi connectivity index (χ3v) is 3.47. The minimum absolute atomic E-state index is 0.833. The SMILES string of the molecule is CCc1cnc(NCc2cccn2C)s1. The Morgan fingerprint density at radius 3 is 3.00 bits per heavy atom. The van der Waals surface area contributed by atoms with E-state index < -0.39 is 0 Å². The number of hydrogen-bond donors (Lipinski definition) is 1. The Morgan fingerprint density at radius 2 is 2.40 bits per heavy atom. The summed E-state index contributed by atoms with van der Waals surface area (Å²) >= 11 is 1.73. The molecule has 0 unspecified atom stereocenters. The van der Waals surface area contributed by atoms with E-state index in [2.05, 4.69) is 47.2 Å². The molecule has 0 aromatic carbocycles. The maximum absolute atomic E-state index is 4.31. The summed E-state index contributed by atoms with van der Waals surface area (Å²) in [6, 6.07) is 4.16. The predicted octanol–water partition coefficient (Wildman–Crippen LogP) is 2.66. The van der Waals surface area contributed by atoms with Gasteiger partial charge >= 0.3 is 0 Å². The fourth-order valence-corrected chi connectivity index (χ4v) is 2.15. The van der Waals surface area contributed by atoms with E-state index in [1.807, 2.05) is 6.20 Å². The van der Waals surface area contributed by atoms with Gasteiger partial charge in [0.1, 0.15) is 0 Å². The van der Waals surface area contributed by atoms with Crippen molar-refractivity contribution in [3.63, 3.8) is 0 Å². The van der Waals surface area contributed by atoms with Crippen LogP contribution in [0.1, 0.15) is 17.5 Å². The Bertz CT molecular complexity index is 430. The summed E-state index contributed by atoms with van der Waals surface area (Å²) in [5.41, 5.74) is 1.27. The highest BCUT2D eigenvalue weighted by atomic mass is 32.1. The van der Waals surface area contributed by atoms with Gasteiger partial charge in [0.25, 0.3) is 0 Å². The van der Waals surface area contributed by atoms with Crippen LogP contribution in [0.5, 0.6) is 0 Å². The summed E-state index contributed by atoms with van der Waals surface area (Å²) < 4.78 is 2.11. The molecule has 3 nitrogen and oxygen atoms in total. The number of hydrogen-bond acceptors (Lipinski definition) is 3. The molecule has 4 heteroatoms. The molecule has 0 aliphatic heterocycles. The molecule has 0 radical (unpaired) electrons. The number of thiazole rings is 1. The minimum Gasteiger partial charge on any atom is -0.356 e. The lowest BCUT2D eigenvalue weighted by Gasteiger charge is -2.03. The zero-order chi connectivity index (χ0) is 10.7. The lowest BCUT2D eigenvalue weighted by atomic mass is 10.4. The second-order valence-corrected chi connectivity index (χ2v) is 4.56. The van der Waals surface area contributed by atoms with Crippen molar-refractivity contribution in [3.05, 3.63) is 35.1 Å². The largest absolute Gasteiger partial charge is 0.356 e. The van der Waals surface area contributed by atoms with E-state index in [0.717, 1.165) is 18.1 Å². The number of rotatable bonds is 4. The molecule has 1 N–H and O–H groups in total. The average molecular weight is 221 g/mol. The molecule has 0 aliphatic carbocycles. The third kappa shape index (κ3) is 2.39. The first-order chi connectivity index (χ1) is 7.29. The molecule has 0 saturated heterocycles. The van der Waals surface area contributed by atoms with Crippen molar-refractivity contribution >= 4 is 16.5 Å². The van der Waals surface area contributed by atoms with Gasteiger partial charge in [-0.1, -0.05) is 6.92 Å². The molecule has 0 aliphatic rings. The Labute approximate surface area is 93.8 Å². The fraction of sp³-hybridized carbons (Fsp3) is 0.364. The van der Waals surface area contributed by atoms with Crippen molar-refractivity contribution in [2.45, 2.75) is 19.9 Å². The van der Waals surface area contributed by atoms with Crippen LogP contribution in [0.15, 0.2) is 24.5 Å². The van der Waals surface area contributed by atoms with Gasteiger partial charge in [0, 0.05) is 30.0 Å². The molecule has 0 saturated carbocycles. The Morgan fingerprint density at radius 1 is 1.53 bits per heavy atom. The molecule has 80 valence electrons. The third-order valence-electron chi connectivity index (χ3n) is 2.37. The molecular weight excluding hydrogens is 206 g/mol. The van der Waals surface area contributed by atoms with E-state index in [0.29, 0.717) is 0 Å². The standard InChI is InChI=1S/C11H15N3S/c1-3-10-8-13-11(15-10)12-7-9-5-4-6-14(9)2/h4-6,8H,3,7H2,1-2H3,(H,12,13). The average Bonchev–Trinajstić information content (AvgIpc) is 2.84. The summed E-state index contributed by atoms with van der Waals surface area (Å²) in [5.74, 6) is 0. The van der Waals surface area contributed by atoms with Crippen molar-refractivity contribution in [3.8, 4) is 0 Å². The first-order valence-electron chi connectivity index (χ1n) is 5.08. The molecule has 0 spiro atoms. The molecule has 0 amide bonds. The molecule has 2 aromatic heterocycles. The second kappa shape index (κ2) is 4.49. The van der Waals surface area contributed by atoms with Gasteiger partial charge < -0.3 is 9.88 Å². The molecule has 0 fully saturated rings. The van der Waals surface area contributed by atoms with Crippen LogP contribution >= 0.6 is 11.3 Å². The highest BCUT2D eigenvalue weighted by molar-refractivity contribution is 7.15. The lowest BCUT2D eigenvalue weighted by molar-refractivity contribution is 0.842. The molecule has 2 rings (SSSR count). The van der Waals surface area contributed by atoms with Crippen LogP contribution in [-0.4, -0.2) is 9.55 Å². The first kappa shape index (κ1) is 10.2. The number of nitrogens with zero attached hydrogens (tertiary/aromatic N) is 2. The predicted molar refractivity (Wildman–Crippen MR) is 64.2 cm³/mol. The Hall–Kier alpha value is -1.29. The van der Waals surface area contributed by atoms with Crippen LogP contribution in [0.4, 0.5) is 5.13 Å². The van der Waals surface area contributed by atoms with Gasteiger partial charge in [-0.3, -0.25) is 0 Å². The quantitative estimate of drug-likeness (QED) is 0.860. The Balaban J connectivity index is 1.96. The van der Waals surface area contributed by atoms with Crippen molar-refractivity contribution < 1.29 is 0 Å². The smallest absolute Gasteiger partial charge is 0.183 e. The van der Waals surface area contributed by atoms with Crippen LogP contribution in [0.3, 0.4) is 0 Å². The normalized spacial score (nSPS) is 10.5. The molecule has 0 atom stereocenters. The van der Waals surface area contributed by atoms with Gasteiger partial charge in [0.15, 0.2) is 5.13 Å². The van der Waals surface area contributed by atoms with Crippen molar-refractivity contribution in [2.75, 3.05) is 5.32 Å². The van der Waals surface area contributed by atoms with Crippen LogP contribution < -0.4 is 5.32 Å². The van der Waals surface area contributed by atoms with Crippen molar-refractivity contribution in [1.29, 1.82) is 0 Å². The van der Waals surface area contributed by atoms with Gasteiger partial charge in [0.05, 0.1) is 6.54 Å². The van der Waals surface area contributed by atoms with E-state index in [4.69, 9.17) is 0 Å². The number of aryl methyl sites for hydroxylation is 2. The van der Waals surface area contributed by atoms with Gasteiger partial charge in [-0.05, 0) is 18.6 Å². The topological polar surface area (TPSA) is 29.9 Å². The van der Waals surface area contributed by atoms with E-state index in [-0.39, 0.29) is 0 Å². The zero-order valence-corrected chi connectivity index (χ0v) is 9.84. The first-order valence-corrected chi connectivity index (χ1v) is 5.90. The molecule has 2 heterocycles. The number of aromatic nitrogens is 2. The fourth-order valence-electron chi connectivity index (χ4n) is 1.40. The van der Waals surface area contributed by atoms with Crippen LogP contribution in [0.2, 0.25) is 0 Å². The van der Waals surface area contributed by atoms with Crippen LogP contribution in [0, 0.1) is 0 Å². The minimum atomic E-state index is 0.833. The highest BCUT2D eigenvalue weighted by Crippen LogP contribution is 2.18. The van der Waals surface area contributed by atoms with Crippen LogP contribution in [0.25, 0.3) is 0 Å². The van der Waals surface area contributed by atoms with E-state index in [1.54, 1.807) is 11.3 Å². The molecule has 0 bridgehead atoms. The van der Waals surface area contributed by atoms with Crippen molar-refractivity contribution in [1.82, 2.24) is 9.55 Å². The Kier molecular flexibility index (Phi) is 3.06. The maximum Gasteiger partial charge on any atom is 0.183 e. The summed E-state index contributed by atoms with van der Waals surface area (Å²) in [4.78, 5) is 5.64. The van der Waals surface area contributed by atoms with Gasteiger partial charge in [-0.2, -0.15) is 0 Å². The lowest BCUT2D eigenvalue weighted by Crippen LogP contribution is -2.03. The second-order valence-electron chi connectivity index (χ2n) is 3.45. The molecular formula is C11H15N3S. The molecule has 15 heavy (non-hydrogen) atoms. The zero-order valence-electron chi connectivity index (χ0n) is 9.03. The van der Waals surface area contributed by atoms with Gasteiger partial charge in [-0.25, -0.2) is 4.98 Å². The molecule has 2 aromatic rings. The monoisotopic (exact) mass is 221 g/mol. The van der Waals surface area contributed by atoms with E-state index in [9.17, 15) is 0 Å². The number of nitrogens with one attached hydrogen (secondary N) is 1. The maximum atomic E-state index is 4.31.